The Kier molecular flexibility index (Phi) is 4.01. The van der Waals surface area contributed by atoms with Crippen LogP contribution in [0.3, 0.4) is 0 Å². The van der Waals surface area contributed by atoms with Crippen LogP contribution in [-0.2, 0) is 0 Å². The van der Waals surface area contributed by atoms with E-state index in [1.807, 2.05) is 0 Å². The van der Waals surface area contributed by atoms with E-state index in [4.69, 9.17) is 4.74 Å². The first-order valence-electron chi connectivity index (χ1n) is 7.02. The zero-order chi connectivity index (χ0) is 14.8. The van der Waals surface area contributed by atoms with E-state index in [2.05, 4.69) is 10.3 Å². The number of carbonyl (C=O) groups is 1. The van der Waals surface area contributed by atoms with E-state index in [1.165, 1.54) is 6.20 Å². The number of nitrogens with one attached hydrogen (secondary N) is 1. The maximum atomic E-state index is 12.6. The maximum Gasteiger partial charge on any atom is 0.272 e. The molecule has 2 fully saturated rings. The highest BCUT2D eigenvalue weighted by Gasteiger charge is 2.35. The number of aromatic nitrogens is 1. The Hall–Kier alpha value is -1.76. The topological polar surface area (TPSA) is 54.5 Å². The predicted molar refractivity (Wildman–Crippen MR) is 71.5 cm³/mol. The number of pyridine rings is 1. The lowest BCUT2D eigenvalue weighted by molar-refractivity contribution is 0.0655. The lowest BCUT2D eigenvalue weighted by Gasteiger charge is -2.31. The van der Waals surface area contributed by atoms with Crippen molar-refractivity contribution in [2.75, 3.05) is 26.2 Å². The van der Waals surface area contributed by atoms with Crippen LogP contribution in [0, 0.1) is 5.92 Å². The van der Waals surface area contributed by atoms with E-state index in [0.29, 0.717) is 25.0 Å². The Balaban J connectivity index is 1.75. The number of nitrogens with zero attached hydrogens (tertiary/aromatic N) is 2. The third-order valence-corrected chi connectivity index (χ3v) is 3.87. The standard InChI is InChI=1S/C14H17F2N3O2/c15-12(16)8-21-13-11(2-1-3-17-13)14(20)19-6-9-4-10(7-19)18-5-9/h1-3,9-10,12,18H,4-8H2. The van der Waals surface area contributed by atoms with Crippen molar-refractivity contribution in [1.29, 1.82) is 0 Å². The molecule has 1 N–H and O–H groups in total. The maximum absolute atomic E-state index is 12.6. The number of carbonyl (C=O) groups excluding carboxylic acids is 1. The zero-order valence-electron chi connectivity index (χ0n) is 11.5. The van der Waals surface area contributed by atoms with E-state index in [0.717, 1.165) is 13.0 Å². The molecule has 2 unspecified atom stereocenters. The Bertz CT molecular complexity index is 515. The highest BCUT2D eigenvalue weighted by atomic mass is 19.3. The Morgan fingerprint density at radius 1 is 1.52 bits per heavy atom. The van der Waals surface area contributed by atoms with Crippen LogP contribution in [0.5, 0.6) is 5.88 Å². The lowest BCUT2D eigenvalue weighted by Crippen LogP contribution is -2.44. The van der Waals surface area contributed by atoms with Gasteiger partial charge >= 0.3 is 0 Å². The van der Waals surface area contributed by atoms with E-state index < -0.39 is 13.0 Å². The third-order valence-electron chi connectivity index (χ3n) is 3.87. The number of fused-ring (bicyclic) bond motifs is 2. The van der Waals surface area contributed by atoms with Crippen molar-refractivity contribution in [2.24, 2.45) is 5.92 Å². The van der Waals surface area contributed by atoms with Crippen LogP contribution in [0.15, 0.2) is 18.3 Å². The molecular formula is C14H17F2N3O2. The number of amides is 1. The molecule has 2 saturated heterocycles. The highest BCUT2D eigenvalue weighted by molar-refractivity contribution is 5.96. The molecule has 2 atom stereocenters. The molecule has 3 heterocycles. The minimum absolute atomic E-state index is 0.0197. The average Bonchev–Trinajstić information content (AvgIpc) is 2.83. The number of likely N-dealkylation sites (tertiary alicyclic amines) is 1. The van der Waals surface area contributed by atoms with Gasteiger partial charge in [-0.25, -0.2) is 13.8 Å². The normalized spacial score (nSPS) is 24.4. The summed E-state index contributed by atoms with van der Waals surface area (Å²) in [6.07, 6.45) is -0.0742. The predicted octanol–water partition coefficient (Wildman–Crippen LogP) is 1.16. The summed E-state index contributed by atoms with van der Waals surface area (Å²) < 4.78 is 29.5. The molecule has 1 aromatic rings. The number of hydrogen-bond donors (Lipinski definition) is 1. The molecule has 0 aliphatic carbocycles. The second-order valence-corrected chi connectivity index (χ2v) is 5.48. The Labute approximate surface area is 121 Å². The van der Waals surface area contributed by atoms with Gasteiger partial charge in [-0.15, -0.1) is 0 Å². The summed E-state index contributed by atoms with van der Waals surface area (Å²) in [5.74, 6) is 0.245. The van der Waals surface area contributed by atoms with Crippen LogP contribution in [0.4, 0.5) is 8.78 Å². The molecule has 0 aromatic carbocycles. The number of alkyl halides is 2. The minimum Gasteiger partial charge on any atom is -0.471 e. The molecule has 2 aliphatic rings. The fourth-order valence-corrected chi connectivity index (χ4v) is 2.98. The molecule has 2 aliphatic heterocycles. The minimum atomic E-state index is -2.59. The molecule has 2 bridgehead atoms. The molecule has 114 valence electrons. The number of piperidine rings is 1. The van der Waals surface area contributed by atoms with E-state index in [-0.39, 0.29) is 17.4 Å². The molecule has 5 nitrogen and oxygen atoms in total. The zero-order valence-corrected chi connectivity index (χ0v) is 11.5. The van der Waals surface area contributed by atoms with Crippen molar-refractivity contribution in [2.45, 2.75) is 18.9 Å². The van der Waals surface area contributed by atoms with Crippen molar-refractivity contribution in [1.82, 2.24) is 15.2 Å². The summed E-state index contributed by atoms with van der Waals surface area (Å²) in [6, 6.07) is 3.51. The van der Waals surface area contributed by atoms with E-state index >= 15 is 0 Å². The van der Waals surface area contributed by atoms with Gasteiger partial charge < -0.3 is 15.0 Å². The Morgan fingerprint density at radius 3 is 3.14 bits per heavy atom. The lowest BCUT2D eigenvalue weighted by atomic mass is 9.99. The van der Waals surface area contributed by atoms with Gasteiger partial charge in [0, 0.05) is 31.9 Å². The number of halogens is 2. The molecule has 0 spiro atoms. The van der Waals surface area contributed by atoms with Gasteiger partial charge in [0.25, 0.3) is 12.3 Å². The van der Waals surface area contributed by atoms with Crippen LogP contribution in [0.1, 0.15) is 16.8 Å². The van der Waals surface area contributed by atoms with Gasteiger partial charge in [0.1, 0.15) is 5.56 Å². The number of rotatable bonds is 4. The molecule has 7 heteroatoms. The SMILES string of the molecule is O=C(c1cccnc1OCC(F)F)N1CC2CNC(C2)C1. The van der Waals surface area contributed by atoms with Gasteiger partial charge in [-0.2, -0.15) is 0 Å². The summed E-state index contributed by atoms with van der Waals surface area (Å²) >= 11 is 0. The van der Waals surface area contributed by atoms with Crippen molar-refractivity contribution in [3.05, 3.63) is 23.9 Å². The number of ether oxygens (including phenoxy) is 1. The van der Waals surface area contributed by atoms with Crippen LogP contribution in [0.25, 0.3) is 0 Å². The van der Waals surface area contributed by atoms with Crippen molar-refractivity contribution in [3.8, 4) is 5.88 Å². The summed E-state index contributed by atoms with van der Waals surface area (Å²) in [7, 11) is 0. The fourth-order valence-electron chi connectivity index (χ4n) is 2.98. The van der Waals surface area contributed by atoms with Crippen LogP contribution >= 0.6 is 0 Å². The average molecular weight is 297 g/mol. The van der Waals surface area contributed by atoms with Gasteiger partial charge in [-0.1, -0.05) is 0 Å². The van der Waals surface area contributed by atoms with Gasteiger partial charge in [-0.05, 0) is 24.5 Å². The first-order chi connectivity index (χ1) is 10.1. The second-order valence-electron chi connectivity index (χ2n) is 5.48. The van der Waals surface area contributed by atoms with Gasteiger partial charge in [-0.3, -0.25) is 4.79 Å². The first kappa shape index (κ1) is 14.2. The largest absolute Gasteiger partial charge is 0.471 e. The van der Waals surface area contributed by atoms with Crippen molar-refractivity contribution >= 4 is 5.91 Å². The van der Waals surface area contributed by atoms with E-state index in [1.54, 1.807) is 17.0 Å². The van der Waals surface area contributed by atoms with Gasteiger partial charge in [0.2, 0.25) is 5.88 Å². The van der Waals surface area contributed by atoms with Crippen LogP contribution < -0.4 is 10.1 Å². The van der Waals surface area contributed by atoms with Crippen molar-refractivity contribution in [3.63, 3.8) is 0 Å². The first-order valence-corrected chi connectivity index (χ1v) is 7.02. The molecule has 0 saturated carbocycles. The fraction of sp³-hybridized carbons (Fsp3) is 0.571. The Morgan fingerprint density at radius 2 is 2.38 bits per heavy atom. The molecule has 0 radical (unpaired) electrons. The van der Waals surface area contributed by atoms with Crippen LogP contribution in [-0.4, -0.2) is 54.5 Å². The van der Waals surface area contributed by atoms with Gasteiger partial charge in [0.15, 0.2) is 6.61 Å². The molecule has 1 aromatic heterocycles. The monoisotopic (exact) mass is 297 g/mol. The third kappa shape index (κ3) is 3.12. The summed E-state index contributed by atoms with van der Waals surface area (Å²) in [5.41, 5.74) is 0.249. The quantitative estimate of drug-likeness (QED) is 0.906. The molecular weight excluding hydrogens is 280 g/mol. The summed E-state index contributed by atoms with van der Waals surface area (Å²) in [6.45, 7) is 1.49. The summed E-state index contributed by atoms with van der Waals surface area (Å²) in [5, 5.41) is 3.37. The van der Waals surface area contributed by atoms with Crippen LogP contribution in [0.2, 0.25) is 0 Å². The molecule has 1 amide bonds. The molecule has 21 heavy (non-hydrogen) atoms. The van der Waals surface area contributed by atoms with Gasteiger partial charge in [0.05, 0.1) is 0 Å². The van der Waals surface area contributed by atoms with Crippen molar-refractivity contribution < 1.29 is 18.3 Å². The molecule has 3 rings (SSSR count). The number of hydrogen-bond acceptors (Lipinski definition) is 4. The van der Waals surface area contributed by atoms with E-state index in [9.17, 15) is 13.6 Å². The second kappa shape index (κ2) is 5.93. The smallest absolute Gasteiger partial charge is 0.272 e. The summed E-state index contributed by atoms with van der Waals surface area (Å²) in [4.78, 5) is 18.2. The highest BCUT2D eigenvalue weighted by Crippen LogP contribution is 2.25.